The van der Waals surface area contributed by atoms with Crippen molar-refractivity contribution in [2.24, 2.45) is 0 Å². The second-order valence-electron chi connectivity index (χ2n) is 5.87. The minimum Gasteiger partial charge on any atom is -0.478 e. The summed E-state index contributed by atoms with van der Waals surface area (Å²) in [6.45, 7) is 0.703. The molecule has 2 rings (SSSR count). The molecule has 0 atom stereocenters. The van der Waals surface area contributed by atoms with E-state index in [0.29, 0.717) is 24.9 Å². The summed E-state index contributed by atoms with van der Waals surface area (Å²) < 4.78 is 0. The first-order valence-corrected chi connectivity index (χ1v) is 8.17. The van der Waals surface area contributed by atoms with Crippen molar-refractivity contribution in [3.8, 4) is 0 Å². The molecule has 2 aromatic carbocycles. The fraction of sp³-hybridized carbons (Fsp3) is 0.300. The number of benzene rings is 2. The number of carbonyl (C=O) groups is 2. The van der Waals surface area contributed by atoms with Crippen LogP contribution in [0.1, 0.15) is 34.3 Å². The average Bonchev–Trinajstić information content (AvgIpc) is 2.60. The largest absolute Gasteiger partial charge is 0.478 e. The van der Waals surface area contributed by atoms with Crippen molar-refractivity contribution >= 4 is 11.9 Å². The zero-order valence-electron chi connectivity index (χ0n) is 13.9. The molecule has 0 bridgehead atoms. The van der Waals surface area contributed by atoms with Gasteiger partial charge in [-0.05, 0) is 36.5 Å². The molecule has 0 aliphatic carbocycles. The standard InChI is InChI=1S/C20H23NO3/c1-21(15-7-10-16-8-3-2-4-9-16)19(22)14-13-17-11-5-6-12-18(17)20(23)24/h2-6,8-9,11-12H,7,10,13-15H2,1H3,(H,23,24). The Morgan fingerprint density at radius 3 is 2.33 bits per heavy atom. The molecule has 126 valence electrons. The lowest BCUT2D eigenvalue weighted by atomic mass is 10.0. The predicted octanol–water partition coefficient (Wildman–Crippen LogP) is 3.41. The fourth-order valence-corrected chi connectivity index (χ4v) is 2.67. The Kier molecular flexibility index (Phi) is 6.55. The van der Waals surface area contributed by atoms with Crippen molar-refractivity contribution < 1.29 is 14.7 Å². The number of carboxylic acid groups (broad SMARTS) is 1. The molecule has 0 radical (unpaired) electrons. The summed E-state index contributed by atoms with van der Waals surface area (Å²) in [5.41, 5.74) is 2.25. The van der Waals surface area contributed by atoms with Crippen LogP contribution in [-0.4, -0.2) is 35.5 Å². The van der Waals surface area contributed by atoms with E-state index in [1.54, 1.807) is 36.2 Å². The third-order valence-corrected chi connectivity index (χ3v) is 4.08. The maximum atomic E-state index is 12.2. The lowest BCUT2D eigenvalue weighted by molar-refractivity contribution is -0.129. The smallest absolute Gasteiger partial charge is 0.335 e. The van der Waals surface area contributed by atoms with E-state index < -0.39 is 5.97 Å². The molecular formula is C20H23NO3. The van der Waals surface area contributed by atoms with E-state index in [1.807, 2.05) is 18.2 Å². The number of aromatic carboxylic acids is 1. The van der Waals surface area contributed by atoms with Crippen molar-refractivity contribution in [3.63, 3.8) is 0 Å². The van der Waals surface area contributed by atoms with Gasteiger partial charge in [-0.2, -0.15) is 0 Å². The van der Waals surface area contributed by atoms with E-state index in [4.69, 9.17) is 5.11 Å². The highest BCUT2D eigenvalue weighted by atomic mass is 16.4. The van der Waals surface area contributed by atoms with Crippen LogP contribution in [0.2, 0.25) is 0 Å². The van der Waals surface area contributed by atoms with Crippen molar-refractivity contribution in [2.75, 3.05) is 13.6 Å². The number of carboxylic acids is 1. The van der Waals surface area contributed by atoms with Gasteiger partial charge in [-0.1, -0.05) is 48.5 Å². The number of carbonyl (C=O) groups excluding carboxylic acids is 1. The van der Waals surface area contributed by atoms with Gasteiger partial charge >= 0.3 is 5.97 Å². The maximum absolute atomic E-state index is 12.2. The molecule has 0 saturated carbocycles. The fourth-order valence-electron chi connectivity index (χ4n) is 2.67. The van der Waals surface area contributed by atoms with Crippen LogP contribution < -0.4 is 0 Å². The van der Waals surface area contributed by atoms with Crippen LogP contribution in [0.4, 0.5) is 0 Å². The van der Waals surface area contributed by atoms with Crippen molar-refractivity contribution in [1.82, 2.24) is 4.90 Å². The van der Waals surface area contributed by atoms with Gasteiger partial charge < -0.3 is 10.0 Å². The molecule has 0 aliphatic heterocycles. The lowest BCUT2D eigenvalue weighted by Gasteiger charge is -2.17. The maximum Gasteiger partial charge on any atom is 0.335 e. The summed E-state index contributed by atoms with van der Waals surface area (Å²) in [5.74, 6) is -0.905. The van der Waals surface area contributed by atoms with Gasteiger partial charge in [-0.3, -0.25) is 4.79 Å². The van der Waals surface area contributed by atoms with Crippen LogP contribution in [0.5, 0.6) is 0 Å². The molecule has 4 heteroatoms. The molecule has 0 aliphatic rings. The Morgan fingerprint density at radius 1 is 0.958 bits per heavy atom. The highest BCUT2D eigenvalue weighted by Gasteiger charge is 2.13. The van der Waals surface area contributed by atoms with Crippen molar-refractivity contribution in [3.05, 3.63) is 71.3 Å². The van der Waals surface area contributed by atoms with E-state index in [2.05, 4.69) is 12.1 Å². The second kappa shape index (κ2) is 8.87. The van der Waals surface area contributed by atoms with Gasteiger partial charge in [-0.15, -0.1) is 0 Å². The molecule has 0 aromatic heterocycles. The van der Waals surface area contributed by atoms with Gasteiger partial charge in [0.05, 0.1) is 5.56 Å². The summed E-state index contributed by atoms with van der Waals surface area (Å²) in [5, 5.41) is 9.17. The molecule has 0 unspecified atom stereocenters. The summed E-state index contributed by atoms with van der Waals surface area (Å²) in [6, 6.07) is 17.1. The summed E-state index contributed by atoms with van der Waals surface area (Å²) in [6.07, 6.45) is 2.63. The van der Waals surface area contributed by atoms with E-state index in [0.717, 1.165) is 12.8 Å². The Hall–Kier alpha value is -2.62. The first-order valence-electron chi connectivity index (χ1n) is 8.17. The Balaban J connectivity index is 1.79. The van der Waals surface area contributed by atoms with Crippen LogP contribution in [0.15, 0.2) is 54.6 Å². The van der Waals surface area contributed by atoms with Gasteiger partial charge in [0.2, 0.25) is 5.91 Å². The summed E-state index contributed by atoms with van der Waals surface area (Å²) in [4.78, 5) is 25.1. The minimum atomic E-state index is -0.950. The number of hydrogen-bond acceptors (Lipinski definition) is 2. The topological polar surface area (TPSA) is 57.6 Å². The van der Waals surface area contributed by atoms with Gasteiger partial charge in [0.1, 0.15) is 0 Å². The molecule has 0 saturated heterocycles. The zero-order chi connectivity index (χ0) is 17.4. The van der Waals surface area contributed by atoms with Gasteiger partial charge in [0.25, 0.3) is 0 Å². The molecule has 0 heterocycles. The van der Waals surface area contributed by atoms with Crippen molar-refractivity contribution in [2.45, 2.75) is 25.7 Å². The predicted molar refractivity (Wildman–Crippen MR) is 94.1 cm³/mol. The Bertz CT molecular complexity index is 682. The highest BCUT2D eigenvalue weighted by Crippen LogP contribution is 2.12. The van der Waals surface area contributed by atoms with E-state index >= 15 is 0 Å². The number of rotatable bonds is 8. The van der Waals surface area contributed by atoms with Crippen molar-refractivity contribution in [1.29, 1.82) is 0 Å². The van der Waals surface area contributed by atoms with Gasteiger partial charge in [0, 0.05) is 20.0 Å². The first kappa shape index (κ1) is 17.7. The summed E-state index contributed by atoms with van der Waals surface area (Å²) >= 11 is 0. The first-order chi connectivity index (χ1) is 11.6. The van der Waals surface area contributed by atoms with E-state index in [9.17, 15) is 9.59 Å². The molecule has 2 aromatic rings. The monoisotopic (exact) mass is 325 g/mol. The molecular weight excluding hydrogens is 302 g/mol. The van der Waals surface area contributed by atoms with Crippen LogP contribution in [0, 0.1) is 0 Å². The minimum absolute atomic E-state index is 0.0447. The molecule has 4 nitrogen and oxygen atoms in total. The molecule has 0 fully saturated rings. The molecule has 0 spiro atoms. The molecule has 1 N–H and O–H groups in total. The zero-order valence-corrected chi connectivity index (χ0v) is 13.9. The van der Waals surface area contributed by atoms with Gasteiger partial charge in [-0.25, -0.2) is 4.79 Å². The molecule has 24 heavy (non-hydrogen) atoms. The Morgan fingerprint density at radius 2 is 1.62 bits per heavy atom. The van der Waals surface area contributed by atoms with Crippen LogP contribution in [0.3, 0.4) is 0 Å². The van der Waals surface area contributed by atoms with E-state index in [1.165, 1.54) is 5.56 Å². The van der Waals surface area contributed by atoms with Crippen LogP contribution in [-0.2, 0) is 17.6 Å². The molecule has 1 amide bonds. The normalized spacial score (nSPS) is 10.4. The Labute approximate surface area is 142 Å². The summed E-state index contributed by atoms with van der Waals surface area (Å²) in [7, 11) is 1.80. The van der Waals surface area contributed by atoms with E-state index in [-0.39, 0.29) is 11.5 Å². The van der Waals surface area contributed by atoms with Crippen LogP contribution >= 0.6 is 0 Å². The third kappa shape index (κ3) is 5.23. The average molecular weight is 325 g/mol. The van der Waals surface area contributed by atoms with Crippen LogP contribution in [0.25, 0.3) is 0 Å². The quantitative estimate of drug-likeness (QED) is 0.809. The third-order valence-electron chi connectivity index (χ3n) is 4.08. The van der Waals surface area contributed by atoms with Gasteiger partial charge in [0.15, 0.2) is 0 Å². The number of nitrogens with zero attached hydrogens (tertiary/aromatic N) is 1. The SMILES string of the molecule is CN(CCCc1ccccc1)C(=O)CCc1ccccc1C(=O)O. The number of hydrogen-bond donors (Lipinski definition) is 1. The number of amides is 1. The highest BCUT2D eigenvalue weighted by molar-refractivity contribution is 5.89. The second-order valence-corrected chi connectivity index (χ2v) is 5.87. The number of aryl methyl sites for hydroxylation is 2. The lowest BCUT2D eigenvalue weighted by Crippen LogP contribution is -2.28.